The molecule has 0 amide bonds. The highest BCUT2D eigenvalue weighted by Crippen LogP contribution is 2.29. The van der Waals surface area contributed by atoms with E-state index in [2.05, 4.69) is 0 Å². The fourth-order valence-corrected chi connectivity index (χ4v) is 2.46. The number of hydrogen-bond donors (Lipinski definition) is 2. The molecule has 1 aliphatic rings. The van der Waals surface area contributed by atoms with E-state index >= 15 is 0 Å². The summed E-state index contributed by atoms with van der Waals surface area (Å²) >= 11 is 0. The van der Waals surface area contributed by atoms with Crippen LogP contribution >= 0.6 is 0 Å². The zero-order valence-corrected chi connectivity index (χ0v) is 9.84. The molecule has 17 heavy (non-hydrogen) atoms. The van der Waals surface area contributed by atoms with Crippen molar-refractivity contribution in [2.24, 2.45) is 0 Å². The molecule has 0 aromatic heterocycles. The number of nitrogens with zero attached hydrogens (tertiary/aromatic N) is 1. The van der Waals surface area contributed by atoms with Gasteiger partial charge in [0.2, 0.25) is 0 Å². The van der Waals surface area contributed by atoms with Crippen molar-refractivity contribution in [2.45, 2.75) is 31.8 Å². The normalized spacial score (nSPS) is 22.5. The molecule has 1 fully saturated rings. The zero-order valence-electron chi connectivity index (χ0n) is 9.84. The van der Waals surface area contributed by atoms with E-state index in [1.165, 1.54) is 0 Å². The van der Waals surface area contributed by atoms with Crippen LogP contribution in [0.4, 0.5) is 0 Å². The van der Waals surface area contributed by atoms with E-state index in [4.69, 9.17) is 5.11 Å². The molecule has 0 radical (unpaired) electrons. The van der Waals surface area contributed by atoms with Crippen molar-refractivity contribution in [3.05, 3.63) is 29.8 Å². The lowest BCUT2D eigenvalue weighted by Gasteiger charge is -2.28. The third-order valence-electron chi connectivity index (χ3n) is 3.45. The van der Waals surface area contributed by atoms with Gasteiger partial charge in [0.05, 0.1) is 0 Å². The predicted octanol–water partition coefficient (Wildman–Crippen LogP) is 2.00. The molecule has 4 nitrogen and oxygen atoms in total. The molecule has 0 aliphatic carbocycles. The second-order valence-electron chi connectivity index (χ2n) is 4.50. The summed E-state index contributed by atoms with van der Waals surface area (Å²) in [4.78, 5) is 13.1. The van der Waals surface area contributed by atoms with Crippen molar-refractivity contribution in [1.82, 2.24) is 4.90 Å². The number of carbonyl (C=O) groups is 1. The molecule has 2 unspecified atom stereocenters. The van der Waals surface area contributed by atoms with Crippen molar-refractivity contribution in [3.63, 3.8) is 0 Å². The first-order chi connectivity index (χ1) is 8.09. The van der Waals surface area contributed by atoms with Gasteiger partial charge in [-0.15, -0.1) is 0 Å². The predicted molar refractivity (Wildman–Crippen MR) is 63.9 cm³/mol. The average Bonchev–Trinajstić information content (AvgIpc) is 2.78. The summed E-state index contributed by atoms with van der Waals surface area (Å²) in [7, 11) is 0. The molecule has 0 saturated carbocycles. The Morgan fingerprint density at radius 2 is 2.06 bits per heavy atom. The van der Waals surface area contributed by atoms with E-state index < -0.39 is 5.97 Å². The van der Waals surface area contributed by atoms with Gasteiger partial charge in [-0.05, 0) is 44.0 Å². The lowest BCUT2D eigenvalue weighted by molar-refractivity contribution is -0.142. The third-order valence-corrected chi connectivity index (χ3v) is 3.45. The summed E-state index contributed by atoms with van der Waals surface area (Å²) < 4.78 is 0. The quantitative estimate of drug-likeness (QED) is 0.841. The Balaban J connectivity index is 2.16. The number of aliphatic carboxylic acids is 1. The fraction of sp³-hybridized carbons (Fsp3) is 0.462. The molecule has 0 bridgehead atoms. The molecule has 1 aromatic rings. The number of aromatic hydroxyl groups is 1. The van der Waals surface area contributed by atoms with E-state index in [9.17, 15) is 9.90 Å². The van der Waals surface area contributed by atoms with Crippen LogP contribution in [0.15, 0.2) is 24.3 Å². The van der Waals surface area contributed by atoms with Gasteiger partial charge in [-0.3, -0.25) is 9.69 Å². The van der Waals surface area contributed by atoms with Crippen LogP contribution in [0.25, 0.3) is 0 Å². The smallest absolute Gasteiger partial charge is 0.320 e. The molecule has 1 saturated heterocycles. The minimum Gasteiger partial charge on any atom is -0.508 e. The van der Waals surface area contributed by atoms with E-state index in [0.717, 1.165) is 24.9 Å². The number of benzene rings is 1. The number of carboxylic acids is 1. The SMILES string of the molecule is CC(c1ccc(O)cc1)N1CCCC1C(=O)O. The standard InChI is InChI=1S/C13H17NO3/c1-9(10-4-6-11(15)7-5-10)14-8-2-3-12(14)13(16)17/h4-7,9,12,15H,2-3,8H2,1H3,(H,16,17). The molecule has 4 heteroatoms. The molecule has 1 aliphatic heterocycles. The number of phenols is 1. The van der Waals surface area contributed by atoms with Gasteiger partial charge >= 0.3 is 5.97 Å². The second-order valence-corrected chi connectivity index (χ2v) is 4.50. The molecule has 1 heterocycles. The van der Waals surface area contributed by atoms with Crippen LogP contribution in [0.1, 0.15) is 31.4 Å². The minimum absolute atomic E-state index is 0.0687. The lowest BCUT2D eigenvalue weighted by Crippen LogP contribution is -2.37. The van der Waals surface area contributed by atoms with E-state index in [1.807, 2.05) is 24.0 Å². The van der Waals surface area contributed by atoms with Gasteiger partial charge in [0.1, 0.15) is 11.8 Å². The number of likely N-dealkylation sites (tertiary alicyclic amines) is 1. The first-order valence-electron chi connectivity index (χ1n) is 5.87. The third kappa shape index (κ3) is 2.42. The Kier molecular flexibility index (Phi) is 3.33. The van der Waals surface area contributed by atoms with Crippen LogP contribution in [-0.2, 0) is 4.79 Å². The summed E-state index contributed by atoms with van der Waals surface area (Å²) in [5.41, 5.74) is 1.04. The summed E-state index contributed by atoms with van der Waals surface area (Å²) in [6.07, 6.45) is 1.65. The van der Waals surface area contributed by atoms with Gasteiger partial charge in [0.15, 0.2) is 0 Å². The Morgan fingerprint density at radius 3 is 2.65 bits per heavy atom. The van der Waals surface area contributed by atoms with Gasteiger partial charge in [-0.25, -0.2) is 0 Å². The van der Waals surface area contributed by atoms with Crippen molar-refractivity contribution in [3.8, 4) is 5.75 Å². The first-order valence-corrected chi connectivity index (χ1v) is 5.87. The molecule has 92 valence electrons. The molecule has 2 atom stereocenters. The summed E-state index contributed by atoms with van der Waals surface area (Å²) in [5.74, 6) is -0.509. The highest BCUT2D eigenvalue weighted by molar-refractivity contribution is 5.73. The molecule has 1 aromatic carbocycles. The Hall–Kier alpha value is -1.55. The van der Waals surface area contributed by atoms with Crippen molar-refractivity contribution >= 4 is 5.97 Å². The Labute approximate surface area is 100 Å². The largest absolute Gasteiger partial charge is 0.508 e. The van der Waals surface area contributed by atoms with Crippen LogP contribution in [0.5, 0.6) is 5.75 Å². The number of carboxylic acid groups (broad SMARTS) is 1. The number of phenolic OH excluding ortho intramolecular Hbond substituents is 1. The number of hydrogen-bond acceptors (Lipinski definition) is 3. The van der Waals surface area contributed by atoms with Crippen LogP contribution in [-0.4, -0.2) is 33.7 Å². The highest BCUT2D eigenvalue weighted by Gasteiger charge is 2.33. The van der Waals surface area contributed by atoms with Gasteiger partial charge in [-0.2, -0.15) is 0 Å². The Bertz CT molecular complexity index is 402. The maximum atomic E-state index is 11.1. The van der Waals surface area contributed by atoms with Gasteiger partial charge in [0.25, 0.3) is 0 Å². The van der Waals surface area contributed by atoms with Crippen LogP contribution in [0.3, 0.4) is 0 Å². The first kappa shape index (κ1) is 11.9. The van der Waals surface area contributed by atoms with Gasteiger partial charge in [-0.1, -0.05) is 12.1 Å². The summed E-state index contributed by atoms with van der Waals surface area (Å²) in [6, 6.07) is 6.65. The maximum Gasteiger partial charge on any atom is 0.320 e. The van der Waals surface area contributed by atoms with Crippen LogP contribution in [0.2, 0.25) is 0 Å². The van der Waals surface area contributed by atoms with Gasteiger partial charge < -0.3 is 10.2 Å². The molecule has 2 N–H and O–H groups in total. The monoisotopic (exact) mass is 235 g/mol. The molecular formula is C13H17NO3. The Morgan fingerprint density at radius 1 is 1.41 bits per heavy atom. The van der Waals surface area contributed by atoms with E-state index in [1.54, 1.807) is 12.1 Å². The fourth-order valence-electron chi connectivity index (χ4n) is 2.46. The van der Waals surface area contributed by atoms with Crippen LogP contribution in [0, 0.1) is 0 Å². The molecule has 0 spiro atoms. The average molecular weight is 235 g/mol. The minimum atomic E-state index is -0.742. The van der Waals surface area contributed by atoms with E-state index in [-0.39, 0.29) is 17.8 Å². The lowest BCUT2D eigenvalue weighted by atomic mass is 10.1. The molecular weight excluding hydrogens is 218 g/mol. The van der Waals surface area contributed by atoms with Crippen molar-refractivity contribution in [1.29, 1.82) is 0 Å². The van der Waals surface area contributed by atoms with Crippen molar-refractivity contribution < 1.29 is 15.0 Å². The van der Waals surface area contributed by atoms with Crippen molar-refractivity contribution in [2.75, 3.05) is 6.54 Å². The van der Waals surface area contributed by atoms with E-state index in [0.29, 0.717) is 0 Å². The highest BCUT2D eigenvalue weighted by atomic mass is 16.4. The second kappa shape index (κ2) is 4.75. The topological polar surface area (TPSA) is 60.8 Å². The summed E-state index contributed by atoms with van der Waals surface area (Å²) in [5, 5.41) is 18.4. The summed E-state index contributed by atoms with van der Waals surface area (Å²) in [6.45, 7) is 2.83. The van der Waals surface area contributed by atoms with Gasteiger partial charge in [0, 0.05) is 6.04 Å². The van der Waals surface area contributed by atoms with Crippen LogP contribution < -0.4 is 0 Å². The number of rotatable bonds is 3. The zero-order chi connectivity index (χ0) is 12.4. The molecule has 2 rings (SSSR count). The maximum absolute atomic E-state index is 11.1.